The molecule has 15 heavy (non-hydrogen) atoms. The molecule has 0 spiro atoms. The van der Waals surface area contributed by atoms with Gasteiger partial charge in [-0.2, -0.15) is 0 Å². The van der Waals surface area contributed by atoms with E-state index in [1.807, 2.05) is 24.3 Å². The van der Waals surface area contributed by atoms with Gasteiger partial charge in [-0.25, -0.2) is 4.79 Å². The summed E-state index contributed by atoms with van der Waals surface area (Å²) in [6.45, 7) is 0. The zero-order chi connectivity index (χ0) is 10.1. The number of halogens is 1. The largest absolute Gasteiger partial charge is 0.478 e. The predicted molar refractivity (Wildman–Crippen MR) is 55.9 cm³/mol. The second-order valence-electron chi connectivity index (χ2n) is 2.95. The summed E-state index contributed by atoms with van der Waals surface area (Å²) in [7, 11) is 0. The van der Waals surface area contributed by atoms with Gasteiger partial charge in [-0.3, -0.25) is 0 Å². The molecule has 2 aromatic carbocycles. The van der Waals surface area contributed by atoms with Crippen LogP contribution >= 0.6 is 11.6 Å². The summed E-state index contributed by atoms with van der Waals surface area (Å²) in [5, 5.41) is 10.9. The van der Waals surface area contributed by atoms with Crippen LogP contribution in [0.15, 0.2) is 36.4 Å². The molecule has 0 aliphatic rings. The zero-order valence-corrected chi connectivity index (χ0v) is 11.6. The molecule has 0 atom stereocenters. The van der Waals surface area contributed by atoms with Gasteiger partial charge in [0.2, 0.25) is 0 Å². The maximum atomic E-state index is 10.8. The van der Waals surface area contributed by atoms with Gasteiger partial charge in [0.15, 0.2) is 0 Å². The fraction of sp³-hybridized carbons (Fsp3) is 0. The third-order valence-electron chi connectivity index (χ3n) is 2.09. The summed E-state index contributed by atoms with van der Waals surface area (Å²) in [5.74, 6) is -0.999. The van der Waals surface area contributed by atoms with Gasteiger partial charge in [0, 0.05) is 24.9 Å². The van der Waals surface area contributed by atoms with Crippen LogP contribution < -0.4 is 0 Å². The normalized spacial score (nSPS) is 9.67. The van der Waals surface area contributed by atoms with E-state index in [4.69, 9.17) is 16.7 Å². The molecule has 2 rings (SSSR count). The Bertz CT molecular complexity index is 511. The molecule has 0 saturated carbocycles. The first-order chi connectivity index (χ1) is 6.70. The molecule has 0 heterocycles. The van der Waals surface area contributed by atoms with Crippen LogP contribution in [0.5, 0.6) is 0 Å². The summed E-state index contributed by atoms with van der Waals surface area (Å²) < 4.78 is 0. The van der Waals surface area contributed by atoms with Crippen molar-refractivity contribution < 1.29 is 29.4 Å². The molecule has 0 fully saturated rings. The molecule has 0 saturated heterocycles. The van der Waals surface area contributed by atoms with Crippen molar-refractivity contribution in [1.29, 1.82) is 0 Å². The van der Waals surface area contributed by atoms with Crippen LogP contribution in [0.4, 0.5) is 0 Å². The van der Waals surface area contributed by atoms with Crippen molar-refractivity contribution in [3.8, 4) is 0 Å². The predicted octanol–water partition coefficient (Wildman–Crippen LogP) is 3.19. The maximum absolute atomic E-state index is 10.8. The zero-order valence-electron chi connectivity index (χ0n) is 7.90. The molecule has 0 aliphatic carbocycles. The van der Waals surface area contributed by atoms with Crippen LogP contribution in [-0.2, 0) is 19.5 Å². The third kappa shape index (κ3) is 2.19. The van der Waals surface area contributed by atoms with Crippen LogP contribution in [0.25, 0.3) is 10.8 Å². The number of carbonyl (C=O) groups is 1. The number of rotatable bonds is 1. The average molecular weight is 272 g/mol. The molecule has 2 aromatic rings. The summed E-state index contributed by atoms with van der Waals surface area (Å²) in [4.78, 5) is 10.8. The van der Waals surface area contributed by atoms with Gasteiger partial charge in [-0.15, -0.1) is 0 Å². The number of benzene rings is 2. The van der Waals surface area contributed by atoms with Crippen molar-refractivity contribution >= 4 is 28.3 Å². The summed E-state index contributed by atoms with van der Waals surface area (Å²) >= 11 is 5.96. The number of carboxylic acid groups (broad SMARTS) is 1. The quantitative estimate of drug-likeness (QED) is 0.809. The van der Waals surface area contributed by atoms with E-state index in [1.165, 1.54) is 6.07 Å². The van der Waals surface area contributed by atoms with E-state index >= 15 is 0 Å². The van der Waals surface area contributed by atoms with Crippen molar-refractivity contribution in [3.63, 3.8) is 0 Å². The first kappa shape index (κ1) is 12.2. The van der Waals surface area contributed by atoms with Crippen LogP contribution in [-0.4, -0.2) is 11.1 Å². The van der Waals surface area contributed by atoms with Crippen molar-refractivity contribution in [3.05, 3.63) is 47.0 Å². The van der Waals surface area contributed by atoms with Gasteiger partial charge in [-0.1, -0.05) is 41.9 Å². The van der Waals surface area contributed by atoms with Crippen LogP contribution in [0.3, 0.4) is 0 Å². The molecule has 2 nitrogen and oxygen atoms in total. The van der Waals surface area contributed by atoms with Gasteiger partial charge in [-0.05, 0) is 11.5 Å². The van der Waals surface area contributed by atoms with Gasteiger partial charge in [0.05, 0.1) is 10.6 Å². The van der Waals surface area contributed by atoms with Crippen molar-refractivity contribution in [1.82, 2.24) is 0 Å². The number of hydrogen-bond donors (Lipinski definition) is 1. The molecule has 1 N–H and O–H groups in total. The molecule has 0 unspecified atom stereocenters. The molecular weight excluding hydrogens is 265 g/mol. The molecule has 0 amide bonds. The Hall–Kier alpha value is -0.917. The van der Waals surface area contributed by atoms with E-state index < -0.39 is 5.97 Å². The topological polar surface area (TPSA) is 37.3 Å². The Morgan fingerprint density at radius 1 is 1.13 bits per heavy atom. The Labute approximate surface area is 105 Å². The second-order valence-corrected chi connectivity index (χ2v) is 3.33. The Morgan fingerprint density at radius 3 is 2.47 bits per heavy atom. The minimum absolute atomic E-state index is 0. The molecule has 0 bridgehead atoms. The van der Waals surface area contributed by atoms with Crippen LogP contribution in [0.1, 0.15) is 10.4 Å². The molecule has 0 aliphatic heterocycles. The van der Waals surface area contributed by atoms with E-state index in [1.54, 1.807) is 6.07 Å². The molecule has 0 aromatic heterocycles. The number of fused-ring (bicyclic) bond motifs is 1. The van der Waals surface area contributed by atoms with E-state index in [0.29, 0.717) is 5.02 Å². The monoisotopic (exact) mass is 270 g/mol. The van der Waals surface area contributed by atoms with Crippen LogP contribution in [0, 0.1) is 0 Å². The molecule has 0 radical (unpaired) electrons. The maximum Gasteiger partial charge on any atom is 0.337 e. The summed E-state index contributed by atoms with van der Waals surface area (Å²) in [6.07, 6.45) is 0. The van der Waals surface area contributed by atoms with Crippen molar-refractivity contribution in [2.24, 2.45) is 0 Å². The fourth-order valence-corrected chi connectivity index (χ4v) is 1.71. The third-order valence-corrected chi connectivity index (χ3v) is 2.50. The number of carboxylic acids is 1. The van der Waals surface area contributed by atoms with Gasteiger partial charge < -0.3 is 5.11 Å². The minimum Gasteiger partial charge on any atom is -0.478 e. The Balaban J connectivity index is 0.00000112. The molecular formula is C11H7ClO2Zn. The number of hydrogen-bond acceptors (Lipinski definition) is 1. The Morgan fingerprint density at radius 2 is 1.80 bits per heavy atom. The first-order valence-electron chi connectivity index (χ1n) is 4.10. The second kappa shape index (κ2) is 4.74. The molecule has 72 valence electrons. The average Bonchev–Trinajstić information content (AvgIpc) is 2.18. The van der Waals surface area contributed by atoms with E-state index in [-0.39, 0.29) is 25.0 Å². The van der Waals surface area contributed by atoms with Gasteiger partial charge in [0.25, 0.3) is 0 Å². The smallest absolute Gasteiger partial charge is 0.337 e. The van der Waals surface area contributed by atoms with E-state index in [9.17, 15) is 4.79 Å². The standard InChI is InChI=1S/C11H7ClO2.Zn/c12-10-8-4-2-1-3-7(8)5-6-9(10)11(13)14;/h1-6H,(H,13,14);. The number of aromatic carboxylic acids is 1. The summed E-state index contributed by atoms with van der Waals surface area (Å²) in [6, 6.07) is 10.7. The van der Waals surface area contributed by atoms with Crippen molar-refractivity contribution in [2.75, 3.05) is 0 Å². The fourth-order valence-electron chi connectivity index (χ4n) is 1.40. The van der Waals surface area contributed by atoms with Crippen molar-refractivity contribution in [2.45, 2.75) is 0 Å². The van der Waals surface area contributed by atoms with E-state index in [2.05, 4.69) is 0 Å². The van der Waals surface area contributed by atoms with Gasteiger partial charge >= 0.3 is 5.97 Å². The van der Waals surface area contributed by atoms with Gasteiger partial charge in [0.1, 0.15) is 0 Å². The van der Waals surface area contributed by atoms with Crippen LogP contribution in [0.2, 0.25) is 5.02 Å². The summed E-state index contributed by atoms with van der Waals surface area (Å²) in [5.41, 5.74) is 0.144. The molecule has 4 heteroatoms. The minimum atomic E-state index is -0.999. The SMILES string of the molecule is O=C(O)c1ccc2ccccc2c1Cl.[Zn]. The first-order valence-corrected chi connectivity index (χ1v) is 4.48. The van der Waals surface area contributed by atoms with E-state index in [0.717, 1.165) is 10.8 Å². The Kier molecular flexibility index (Phi) is 3.84.